The Morgan fingerprint density at radius 3 is 2.90 bits per heavy atom. The molecule has 1 aromatic heterocycles. The van der Waals surface area contributed by atoms with Gasteiger partial charge in [0, 0.05) is 18.8 Å². The fourth-order valence-corrected chi connectivity index (χ4v) is 2.73. The molecule has 0 bridgehead atoms. The van der Waals surface area contributed by atoms with Crippen molar-refractivity contribution in [1.29, 1.82) is 0 Å². The summed E-state index contributed by atoms with van der Waals surface area (Å²) in [7, 11) is 0. The molecule has 2 rings (SSSR count). The molecule has 4 nitrogen and oxygen atoms in total. The second-order valence-corrected chi connectivity index (χ2v) is 6.13. The average Bonchev–Trinajstić information content (AvgIpc) is 2.71. The van der Waals surface area contributed by atoms with Crippen LogP contribution in [-0.2, 0) is 0 Å². The van der Waals surface area contributed by atoms with E-state index in [4.69, 9.17) is 0 Å². The summed E-state index contributed by atoms with van der Waals surface area (Å²) in [5.41, 5.74) is 0.310. The fourth-order valence-electron chi connectivity index (χ4n) is 2.73. The van der Waals surface area contributed by atoms with Crippen LogP contribution >= 0.6 is 0 Å². The number of carbonyl (C=O) groups excluding carboxylic acids is 1. The van der Waals surface area contributed by atoms with Gasteiger partial charge < -0.3 is 10.6 Å². The van der Waals surface area contributed by atoms with Gasteiger partial charge in [0.25, 0.3) is 5.91 Å². The SMILES string of the molecule is CCNc1nccc(C(=O)NC2CCC(C)(C)C2)c1F. The number of nitrogens with one attached hydrogen (secondary N) is 2. The smallest absolute Gasteiger partial charge is 0.254 e. The molecule has 1 aliphatic carbocycles. The molecule has 110 valence electrons. The number of nitrogens with zero attached hydrogens (tertiary/aromatic N) is 1. The van der Waals surface area contributed by atoms with Crippen molar-refractivity contribution in [2.24, 2.45) is 5.41 Å². The third-order valence-electron chi connectivity index (χ3n) is 3.78. The van der Waals surface area contributed by atoms with E-state index in [9.17, 15) is 9.18 Å². The van der Waals surface area contributed by atoms with Gasteiger partial charge in [-0.1, -0.05) is 13.8 Å². The minimum Gasteiger partial charge on any atom is -0.368 e. The van der Waals surface area contributed by atoms with Crippen molar-refractivity contribution in [3.05, 3.63) is 23.6 Å². The van der Waals surface area contributed by atoms with Crippen LogP contribution in [0.25, 0.3) is 0 Å². The molecule has 0 spiro atoms. The highest BCUT2D eigenvalue weighted by molar-refractivity contribution is 5.95. The molecule has 0 aliphatic heterocycles. The van der Waals surface area contributed by atoms with Crippen molar-refractivity contribution in [2.45, 2.75) is 46.1 Å². The summed E-state index contributed by atoms with van der Waals surface area (Å²) in [6.45, 7) is 6.80. The van der Waals surface area contributed by atoms with Crippen molar-refractivity contribution in [2.75, 3.05) is 11.9 Å². The number of hydrogen-bond acceptors (Lipinski definition) is 3. The molecule has 1 amide bonds. The van der Waals surface area contributed by atoms with Crippen LogP contribution in [0.1, 0.15) is 50.4 Å². The van der Waals surface area contributed by atoms with Gasteiger partial charge in [-0.05, 0) is 37.7 Å². The predicted molar refractivity (Wildman–Crippen MR) is 77.2 cm³/mol. The number of hydrogen-bond donors (Lipinski definition) is 2. The van der Waals surface area contributed by atoms with Crippen molar-refractivity contribution in [3.63, 3.8) is 0 Å². The van der Waals surface area contributed by atoms with Gasteiger partial charge in [-0.15, -0.1) is 0 Å². The predicted octanol–water partition coefficient (Wildman–Crippen LogP) is 2.96. The Morgan fingerprint density at radius 2 is 2.30 bits per heavy atom. The molecule has 5 heteroatoms. The second-order valence-electron chi connectivity index (χ2n) is 6.13. The van der Waals surface area contributed by atoms with Gasteiger partial charge in [0.15, 0.2) is 11.6 Å². The highest BCUT2D eigenvalue weighted by Gasteiger charge is 2.32. The maximum atomic E-state index is 14.2. The maximum Gasteiger partial charge on any atom is 0.254 e. The lowest BCUT2D eigenvalue weighted by Crippen LogP contribution is -2.34. The van der Waals surface area contributed by atoms with E-state index in [1.165, 1.54) is 12.3 Å². The lowest BCUT2D eigenvalue weighted by Gasteiger charge is -2.18. The molecule has 1 fully saturated rings. The zero-order valence-electron chi connectivity index (χ0n) is 12.3. The number of rotatable bonds is 4. The first-order chi connectivity index (χ1) is 9.43. The molecule has 0 aromatic carbocycles. The minimum absolute atomic E-state index is 0.0562. The van der Waals surface area contributed by atoms with E-state index in [2.05, 4.69) is 29.5 Å². The summed E-state index contributed by atoms with van der Waals surface area (Å²) in [6.07, 6.45) is 4.42. The van der Waals surface area contributed by atoms with Crippen LogP contribution < -0.4 is 10.6 Å². The Kier molecular flexibility index (Phi) is 4.26. The third kappa shape index (κ3) is 3.26. The van der Waals surface area contributed by atoms with Gasteiger partial charge >= 0.3 is 0 Å². The molecule has 1 saturated carbocycles. The average molecular weight is 279 g/mol. The first-order valence-electron chi connectivity index (χ1n) is 7.12. The second kappa shape index (κ2) is 5.77. The lowest BCUT2D eigenvalue weighted by molar-refractivity contribution is 0.0932. The standard InChI is InChI=1S/C15H22FN3O/c1-4-17-13-12(16)11(6-8-18-13)14(20)19-10-5-7-15(2,3)9-10/h6,8,10H,4-5,7,9H2,1-3H3,(H,17,18)(H,19,20). The summed E-state index contributed by atoms with van der Waals surface area (Å²) < 4.78 is 14.2. The summed E-state index contributed by atoms with van der Waals surface area (Å²) in [5, 5.41) is 5.74. The van der Waals surface area contributed by atoms with Crippen LogP contribution in [-0.4, -0.2) is 23.5 Å². The van der Waals surface area contributed by atoms with Crippen molar-refractivity contribution in [3.8, 4) is 0 Å². The fraction of sp³-hybridized carbons (Fsp3) is 0.600. The minimum atomic E-state index is -0.580. The first kappa shape index (κ1) is 14.8. The van der Waals surface area contributed by atoms with E-state index in [-0.39, 0.29) is 28.7 Å². The third-order valence-corrected chi connectivity index (χ3v) is 3.78. The monoisotopic (exact) mass is 279 g/mol. The van der Waals surface area contributed by atoms with Gasteiger partial charge in [-0.2, -0.15) is 0 Å². The van der Waals surface area contributed by atoms with Crippen molar-refractivity contribution >= 4 is 11.7 Å². The Morgan fingerprint density at radius 1 is 1.55 bits per heavy atom. The van der Waals surface area contributed by atoms with Gasteiger partial charge in [0.05, 0.1) is 5.56 Å². The highest BCUT2D eigenvalue weighted by atomic mass is 19.1. The summed E-state index contributed by atoms with van der Waals surface area (Å²) in [6, 6.07) is 1.55. The van der Waals surface area contributed by atoms with Crippen molar-refractivity contribution < 1.29 is 9.18 Å². The van der Waals surface area contributed by atoms with Crippen LogP contribution in [0.5, 0.6) is 0 Å². The van der Waals surface area contributed by atoms with Crippen LogP contribution in [0.3, 0.4) is 0 Å². The van der Waals surface area contributed by atoms with Gasteiger partial charge in [0.2, 0.25) is 0 Å². The number of aromatic nitrogens is 1. The van der Waals surface area contributed by atoms with E-state index in [1.807, 2.05) is 6.92 Å². The van der Waals surface area contributed by atoms with E-state index in [1.54, 1.807) is 0 Å². The van der Waals surface area contributed by atoms with Crippen LogP contribution in [0.2, 0.25) is 0 Å². The first-order valence-corrected chi connectivity index (χ1v) is 7.12. The normalized spacial score (nSPS) is 20.7. The molecule has 0 saturated heterocycles. The summed E-state index contributed by atoms with van der Waals surface area (Å²) >= 11 is 0. The van der Waals surface area contributed by atoms with E-state index in [0.717, 1.165) is 19.3 Å². The molecule has 20 heavy (non-hydrogen) atoms. The Bertz CT molecular complexity index is 502. The number of pyridine rings is 1. The molecule has 2 N–H and O–H groups in total. The van der Waals surface area contributed by atoms with Gasteiger partial charge in [-0.25, -0.2) is 9.37 Å². The zero-order chi connectivity index (χ0) is 14.8. The maximum absolute atomic E-state index is 14.2. The number of amides is 1. The quantitative estimate of drug-likeness (QED) is 0.891. The highest BCUT2D eigenvalue weighted by Crippen LogP contribution is 2.37. The number of halogens is 1. The van der Waals surface area contributed by atoms with Gasteiger partial charge in [0.1, 0.15) is 0 Å². The Labute approximate surface area is 119 Å². The lowest BCUT2D eigenvalue weighted by atomic mass is 9.92. The largest absolute Gasteiger partial charge is 0.368 e. The number of anilines is 1. The Hall–Kier alpha value is -1.65. The van der Waals surface area contributed by atoms with E-state index < -0.39 is 5.82 Å². The van der Waals surface area contributed by atoms with Crippen LogP contribution in [0.4, 0.5) is 10.2 Å². The Balaban J connectivity index is 2.08. The summed E-state index contributed by atoms with van der Waals surface area (Å²) in [4.78, 5) is 16.1. The molecule has 1 aliphatic rings. The zero-order valence-corrected chi connectivity index (χ0v) is 12.3. The van der Waals surface area contributed by atoms with E-state index in [0.29, 0.717) is 6.54 Å². The topological polar surface area (TPSA) is 54.0 Å². The molecular weight excluding hydrogens is 257 g/mol. The molecule has 0 radical (unpaired) electrons. The van der Waals surface area contributed by atoms with Crippen LogP contribution in [0, 0.1) is 11.2 Å². The van der Waals surface area contributed by atoms with E-state index >= 15 is 0 Å². The van der Waals surface area contributed by atoms with Crippen molar-refractivity contribution in [1.82, 2.24) is 10.3 Å². The summed E-state index contributed by atoms with van der Waals surface area (Å²) in [5.74, 6) is -0.803. The van der Waals surface area contributed by atoms with Crippen LogP contribution in [0.15, 0.2) is 12.3 Å². The molecule has 1 aromatic rings. The van der Waals surface area contributed by atoms with Gasteiger partial charge in [-0.3, -0.25) is 4.79 Å². The molecule has 1 atom stereocenters. The molecule has 1 heterocycles. The number of carbonyl (C=O) groups is 1. The molecular formula is C15H22FN3O. The molecule has 1 unspecified atom stereocenters.